The van der Waals surface area contributed by atoms with Gasteiger partial charge in [0.15, 0.2) is 8.07 Å². The van der Waals surface area contributed by atoms with Gasteiger partial charge in [0.2, 0.25) is 0 Å². The van der Waals surface area contributed by atoms with Crippen molar-refractivity contribution >= 4 is 50.6 Å². The summed E-state index contributed by atoms with van der Waals surface area (Å²) < 4.78 is 2.47. The summed E-state index contributed by atoms with van der Waals surface area (Å²) in [6.07, 6.45) is 6.90. The van der Waals surface area contributed by atoms with Crippen molar-refractivity contribution in [3.05, 3.63) is 199 Å². The quantitative estimate of drug-likeness (QED) is 0.115. The molecule has 262 valence electrons. The van der Waals surface area contributed by atoms with E-state index in [1.165, 1.54) is 91.5 Å². The molecule has 0 N–H and O–H groups in total. The number of fused-ring (bicyclic) bond motifs is 3. The van der Waals surface area contributed by atoms with E-state index in [-0.39, 0.29) is 5.41 Å². The zero-order chi connectivity index (χ0) is 35.7. The van der Waals surface area contributed by atoms with Crippen LogP contribution in [0.3, 0.4) is 0 Å². The first-order chi connectivity index (χ1) is 26.7. The highest BCUT2D eigenvalue weighted by Crippen LogP contribution is 2.65. The number of benzene rings is 7. The number of hydrogen-bond donors (Lipinski definition) is 0. The minimum Gasteiger partial charge on any atom is -0.309 e. The summed E-state index contributed by atoms with van der Waals surface area (Å²) in [5.74, 6) is 3.15. The van der Waals surface area contributed by atoms with Gasteiger partial charge >= 0.3 is 0 Å². The molecule has 0 aliphatic heterocycles. The van der Waals surface area contributed by atoms with Crippen LogP contribution in [0.15, 0.2) is 188 Å². The van der Waals surface area contributed by atoms with Gasteiger partial charge in [0, 0.05) is 21.9 Å². The third-order valence-electron chi connectivity index (χ3n) is 14.0. The maximum Gasteiger partial charge on any atom is 0.179 e. The second kappa shape index (κ2) is 12.6. The molecule has 4 aliphatic rings. The molecular formula is C52H45NSi. The van der Waals surface area contributed by atoms with Crippen LogP contribution in [0.4, 0.5) is 0 Å². The molecule has 12 rings (SSSR count). The Morgan fingerprint density at radius 2 is 0.741 bits per heavy atom. The first-order valence-corrected chi connectivity index (χ1v) is 22.1. The second-order valence-electron chi connectivity index (χ2n) is 16.5. The molecule has 0 unspecified atom stereocenters. The SMILES string of the molecule is c1ccc([Si](c2ccccc2)(c2ccccc2)c2ccc(C3(c4ccc(-n5c6ccccc6c6ccccc65)cc4)C4CC5CC(C4)CC3C5)cc2)cc1. The van der Waals surface area contributed by atoms with E-state index in [1.807, 2.05) is 0 Å². The lowest BCUT2D eigenvalue weighted by molar-refractivity contribution is -0.0418. The van der Waals surface area contributed by atoms with Crippen molar-refractivity contribution in [2.75, 3.05) is 0 Å². The standard InChI is InChI=1S/C52H45NSi/c1-4-14-44(15-5-1)54(45-16-6-2-7-17-45,46-18-8-3-9-19-46)47-30-26-40(27-31-47)52(41-33-37-32-38(35-41)36-42(52)34-37)39-24-28-43(29-25-39)53-50-22-12-10-20-48(50)49-21-11-13-23-51(49)53/h1-31,37-38,41-42H,32-36H2. The Bertz CT molecular complexity index is 2410. The van der Waals surface area contributed by atoms with Crippen molar-refractivity contribution in [3.63, 3.8) is 0 Å². The summed E-state index contributed by atoms with van der Waals surface area (Å²) in [5.41, 5.74) is 6.87. The third-order valence-corrected chi connectivity index (χ3v) is 18.8. The molecule has 1 nitrogen and oxygen atoms in total. The van der Waals surface area contributed by atoms with Crippen LogP contribution in [-0.2, 0) is 5.41 Å². The molecule has 1 aromatic heterocycles. The zero-order valence-electron chi connectivity index (χ0n) is 30.7. The average molecular weight is 712 g/mol. The first kappa shape index (κ1) is 32.0. The molecule has 1 heterocycles. The smallest absolute Gasteiger partial charge is 0.179 e. The molecular weight excluding hydrogens is 667 g/mol. The van der Waals surface area contributed by atoms with E-state index in [1.54, 1.807) is 0 Å². The van der Waals surface area contributed by atoms with Gasteiger partial charge in [-0.3, -0.25) is 0 Å². The number of hydrogen-bond acceptors (Lipinski definition) is 0. The minimum absolute atomic E-state index is 0.0295. The van der Waals surface area contributed by atoms with Crippen LogP contribution in [0, 0.1) is 23.7 Å². The van der Waals surface area contributed by atoms with Crippen molar-refractivity contribution in [1.82, 2.24) is 4.57 Å². The molecule has 4 bridgehead atoms. The van der Waals surface area contributed by atoms with Gasteiger partial charge in [0.25, 0.3) is 0 Å². The van der Waals surface area contributed by atoms with Crippen LogP contribution >= 0.6 is 0 Å². The fourth-order valence-electron chi connectivity index (χ4n) is 12.2. The van der Waals surface area contributed by atoms with Crippen molar-refractivity contribution in [1.29, 1.82) is 0 Å². The highest BCUT2D eigenvalue weighted by Gasteiger charge is 2.58. The highest BCUT2D eigenvalue weighted by atomic mass is 28.3. The predicted octanol–water partition coefficient (Wildman–Crippen LogP) is 9.90. The van der Waals surface area contributed by atoms with Gasteiger partial charge in [0.05, 0.1) is 11.0 Å². The second-order valence-corrected chi connectivity index (χ2v) is 20.3. The predicted molar refractivity (Wildman–Crippen MR) is 229 cm³/mol. The van der Waals surface area contributed by atoms with Crippen LogP contribution in [0.5, 0.6) is 0 Å². The first-order valence-electron chi connectivity index (χ1n) is 20.1. The Labute approximate surface area is 320 Å². The molecule has 4 saturated carbocycles. The van der Waals surface area contributed by atoms with Crippen molar-refractivity contribution in [2.24, 2.45) is 23.7 Å². The van der Waals surface area contributed by atoms with Crippen LogP contribution < -0.4 is 20.7 Å². The molecule has 0 saturated heterocycles. The maximum absolute atomic E-state index is 2.59. The van der Waals surface area contributed by atoms with Crippen molar-refractivity contribution in [3.8, 4) is 5.69 Å². The van der Waals surface area contributed by atoms with E-state index < -0.39 is 8.07 Å². The normalized spacial score (nSPS) is 23.3. The lowest BCUT2D eigenvalue weighted by atomic mass is 9.42. The summed E-state index contributed by atoms with van der Waals surface area (Å²) >= 11 is 0. The molecule has 0 spiro atoms. The van der Waals surface area contributed by atoms with Crippen molar-refractivity contribution < 1.29 is 0 Å². The summed E-state index contributed by atoms with van der Waals surface area (Å²) in [4.78, 5) is 0. The van der Waals surface area contributed by atoms with Crippen LogP contribution in [0.1, 0.15) is 43.2 Å². The lowest BCUT2D eigenvalue weighted by Crippen LogP contribution is -2.74. The number of aromatic nitrogens is 1. The van der Waals surface area contributed by atoms with Gasteiger partial charge in [-0.2, -0.15) is 0 Å². The molecule has 4 fully saturated rings. The van der Waals surface area contributed by atoms with Crippen LogP contribution in [0.25, 0.3) is 27.5 Å². The molecule has 0 amide bonds. The Balaban J connectivity index is 1.08. The Morgan fingerprint density at radius 1 is 0.370 bits per heavy atom. The van der Waals surface area contributed by atoms with Gasteiger partial charge in [-0.15, -0.1) is 0 Å². The summed E-state index contributed by atoms with van der Waals surface area (Å²) in [7, 11) is -2.59. The summed E-state index contributed by atoms with van der Waals surface area (Å²) in [6, 6.07) is 71.9. The number of rotatable bonds is 7. The van der Waals surface area contributed by atoms with Gasteiger partial charge in [-0.25, -0.2) is 0 Å². The molecule has 0 atom stereocenters. The molecule has 54 heavy (non-hydrogen) atoms. The fourth-order valence-corrected chi connectivity index (χ4v) is 16.9. The van der Waals surface area contributed by atoms with E-state index in [9.17, 15) is 0 Å². The van der Waals surface area contributed by atoms with E-state index in [4.69, 9.17) is 0 Å². The van der Waals surface area contributed by atoms with Crippen molar-refractivity contribution in [2.45, 2.75) is 37.5 Å². The topological polar surface area (TPSA) is 4.93 Å². The highest BCUT2D eigenvalue weighted by molar-refractivity contribution is 7.19. The minimum atomic E-state index is -2.59. The molecule has 7 aromatic carbocycles. The van der Waals surface area contributed by atoms with E-state index in [0.29, 0.717) is 11.8 Å². The van der Waals surface area contributed by atoms with Gasteiger partial charge in [0.1, 0.15) is 0 Å². The lowest BCUT2D eigenvalue weighted by Gasteiger charge is -2.62. The Morgan fingerprint density at radius 3 is 1.19 bits per heavy atom. The van der Waals surface area contributed by atoms with Crippen LogP contribution in [-0.4, -0.2) is 12.6 Å². The molecule has 8 aromatic rings. The Hall–Kier alpha value is -5.44. The van der Waals surface area contributed by atoms with Gasteiger partial charge in [-0.05, 0) is 112 Å². The van der Waals surface area contributed by atoms with E-state index >= 15 is 0 Å². The monoisotopic (exact) mass is 711 g/mol. The summed E-state index contributed by atoms with van der Waals surface area (Å²) in [5, 5.41) is 8.38. The third kappa shape index (κ3) is 4.62. The molecule has 0 radical (unpaired) electrons. The number of para-hydroxylation sites is 2. The largest absolute Gasteiger partial charge is 0.309 e. The molecule has 2 heteroatoms. The van der Waals surface area contributed by atoms with Crippen LogP contribution in [0.2, 0.25) is 0 Å². The molecule has 4 aliphatic carbocycles. The zero-order valence-corrected chi connectivity index (χ0v) is 31.7. The fraction of sp³-hybridized carbons (Fsp3) is 0.192. The average Bonchev–Trinajstić information content (AvgIpc) is 3.57. The van der Waals surface area contributed by atoms with E-state index in [2.05, 4.69) is 193 Å². The van der Waals surface area contributed by atoms with E-state index in [0.717, 1.165) is 11.8 Å². The number of nitrogens with zero attached hydrogens (tertiary/aromatic N) is 1. The maximum atomic E-state index is 2.58. The Kier molecular flexibility index (Phi) is 7.46. The summed E-state index contributed by atoms with van der Waals surface area (Å²) in [6.45, 7) is 0. The van der Waals surface area contributed by atoms with Gasteiger partial charge in [-0.1, -0.05) is 164 Å². The van der Waals surface area contributed by atoms with Gasteiger partial charge < -0.3 is 4.57 Å².